The second kappa shape index (κ2) is 9.89. The van der Waals surface area contributed by atoms with Gasteiger partial charge in [-0.2, -0.15) is 0 Å². The molecular formula is C25H25Cl2N3O3. The van der Waals surface area contributed by atoms with Crippen LogP contribution in [0.2, 0.25) is 10.0 Å². The molecule has 2 amide bonds. The highest BCUT2D eigenvalue weighted by Gasteiger charge is 2.25. The van der Waals surface area contributed by atoms with E-state index in [0.717, 1.165) is 11.3 Å². The predicted octanol–water partition coefficient (Wildman–Crippen LogP) is 5.81. The van der Waals surface area contributed by atoms with E-state index in [1.807, 2.05) is 36.9 Å². The van der Waals surface area contributed by atoms with Gasteiger partial charge in [0.05, 0.1) is 11.4 Å². The highest BCUT2D eigenvalue weighted by molar-refractivity contribution is 6.31. The van der Waals surface area contributed by atoms with Crippen LogP contribution >= 0.6 is 23.2 Å². The van der Waals surface area contributed by atoms with Crippen molar-refractivity contribution in [3.8, 4) is 11.3 Å². The van der Waals surface area contributed by atoms with Gasteiger partial charge in [0, 0.05) is 47.7 Å². The van der Waals surface area contributed by atoms with E-state index in [4.69, 9.17) is 27.6 Å². The topological polar surface area (TPSA) is 65.8 Å². The number of nitrogens with zero attached hydrogens (tertiary/aromatic N) is 2. The van der Waals surface area contributed by atoms with Gasteiger partial charge >= 0.3 is 0 Å². The van der Waals surface area contributed by atoms with Crippen molar-refractivity contribution in [1.29, 1.82) is 0 Å². The van der Waals surface area contributed by atoms with Crippen LogP contribution in [-0.2, 0) is 4.79 Å². The molecule has 3 aromatic rings. The average Bonchev–Trinajstić information content (AvgIpc) is 3.30. The highest BCUT2D eigenvalue weighted by Crippen LogP contribution is 2.31. The molecule has 6 nitrogen and oxygen atoms in total. The molecule has 2 heterocycles. The van der Waals surface area contributed by atoms with Crippen molar-refractivity contribution in [2.24, 2.45) is 5.92 Å². The first-order chi connectivity index (χ1) is 15.8. The lowest BCUT2D eigenvalue weighted by Crippen LogP contribution is -2.50. The third-order valence-corrected chi connectivity index (χ3v) is 6.08. The van der Waals surface area contributed by atoms with Crippen LogP contribution in [0.3, 0.4) is 0 Å². The summed E-state index contributed by atoms with van der Waals surface area (Å²) in [5, 5.41) is 4.08. The molecule has 0 atom stereocenters. The summed E-state index contributed by atoms with van der Waals surface area (Å²) in [6, 6.07) is 16.0. The molecule has 1 fully saturated rings. The van der Waals surface area contributed by atoms with Crippen LogP contribution in [0.25, 0.3) is 11.3 Å². The molecule has 1 aliphatic heterocycles. The first-order valence-electron chi connectivity index (χ1n) is 10.8. The van der Waals surface area contributed by atoms with E-state index in [0.29, 0.717) is 47.7 Å². The van der Waals surface area contributed by atoms with Crippen LogP contribution in [0, 0.1) is 5.92 Å². The van der Waals surface area contributed by atoms with Crippen LogP contribution in [0.15, 0.2) is 59.0 Å². The highest BCUT2D eigenvalue weighted by atomic mass is 35.5. The number of anilines is 2. The fourth-order valence-corrected chi connectivity index (χ4v) is 4.13. The number of furan rings is 1. The Labute approximate surface area is 203 Å². The lowest BCUT2D eigenvalue weighted by Gasteiger charge is -2.37. The summed E-state index contributed by atoms with van der Waals surface area (Å²) < 4.78 is 5.78. The molecule has 1 N–H and O–H groups in total. The third kappa shape index (κ3) is 5.34. The summed E-state index contributed by atoms with van der Waals surface area (Å²) >= 11 is 12.2. The largest absolute Gasteiger partial charge is 0.451 e. The average molecular weight is 486 g/mol. The SMILES string of the molecule is CC(C)C(=O)N1CCN(c2ccc(Cl)cc2NC(=O)c2ccc(-c3ccc(Cl)cc3)o2)CC1. The molecular weight excluding hydrogens is 461 g/mol. The Bertz CT molecular complexity index is 1150. The Hall–Kier alpha value is -2.96. The van der Waals surface area contributed by atoms with E-state index in [1.54, 1.807) is 36.4 Å². The van der Waals surface area contributed by atoms with E-state index in [-0.39, 0.29) is 23.5 Å². The van der Waals surface area contributed by atoms with Gasteiger partial charge in [0.2, 0.25) is 5.91 Å². The predicted molar refractivity (Wildman–Crippen MR) is 132 cm³/mol. The van der Waals surface area contributed by atoms with Gasteiger partial charge < -0.3 is 19.5 Å². The number of piperazine rings is 1. The van der Waals surface area contributed by atoms with Crippen LogP contribution in [0.4, 0.5) is 11.4 Å². The fraction of sp³-hybridized carbons (Fsp3) is 0.280. The Morgan fingerprint density at radius 2 is 1.58 bits per heavy atom. The Kier molecular flexibility index (Phi) is 6.96. The van der Waals surface area contributed by atoms with Crippen molar-refractivity contribution in [2.45, 2.75) is 13.8 Å². The number of nitrogens with one attached hydrogen (secondary N) is 1. The van der Waals surface area contributed by atoms with Crippen LogP contribution < -0.4 is 10.2 Å². The van der Waals surface area contributed by atoms with Gasteiger partial charge in [0.1, 0.15) is 5.76 Å². The smallest absolute Gasteiger partial charge is 0.291 e. The summed E-state index contributed by atoms with van der Waals surface area (Å²) in [7, 11) is 0. The number of hydrogen-bond donors (Lipinski definition) is 1. The number of carbonyl (C=O) groups is 2. The van der Waals surface area contributed by atoms with Crippen molar-refractivity contribution in [2.75, 3.05) is 36.4 Å². The molecule has 1 saturated heterocycles. The third-order valence-electron chi connectivity index (χ3n) is 5.59. The molecule has 0 aliphatic carbocycles. The second-order valence-electron chi connectivity index (χ2n) is 8.25. The number of rotatable bonds is 5. The van der Waals surface area contributed by atoms with Crippen molar-refractivity contribution >= 4 is 46.4 Å². The van der Waals surface area contributed by atoms with Gasteiger partial charge in [-0.3, -0.25) is 9.59 Å². The minimum Gasteiger partial charge on any atom is -0.451 e. The summed E-state index contributed by atoms with van der Waals surface area (Å²) in [5.74, 6) is 0.543. The quantitative estimate of drug-likeness (QED) is 0.494. The first-order valence-corrected chi connectivity index (χ1v) is 11.6. The molecule has 33 heavy (non-hydrogen) atoms. The van der Waals surface area contributed by atoms with Gasteiger partial charge in [0.25, 0.3) is 5.91 Å². The number of amides is 2. The van der Waals surface area contributed by atoms with Gasteiger partial charge in [-0.05, 0) is 54.6 Å². The lowest BCUT2D eigenvalue weighted by atomic mass is 10.1. The molecule has 1 aliphatic rings. The zero-order valence-corrected chi connectivity index (χ0v) is 20.0. The molecule has 0 unspecified atom stereocenters. The molecule has 0 bridgehead atoms. The van der Waals surface area contributed by atoms with E-state index in [1.165, 1.54) is 0 Å². The molecule has 8 heteroatoms. The standard InChI is InChI=1S/C25H25Cl2N3O3/c1-16(2)25(32)30-13-11-29(12-14-30)21-8-7-19(27)15-20(21)28-24(31)23-10-9-22(33-23)17-3-5-18(26)6-4-17/h3-10,15-16H,11-14H2,1-2H3,(H,28,31). The van der Waals surface area contributed by atoms with E-state index in [2.05, 4.69) is 10.2 Å². The fourth-order valence-electron chi connectivity index (χ4n) is 3.83. The monoisotopic (exact) mass is 485 g/mol. The van der Waals surface area contributed by atoms with Crippen LogP contribution in [-0.4, -0.2) is 42.9 Å². The van der Waals surface area contributed by atoms with E-state index >= 15 is 0 Å². The van der Waals surface area contributed by atoms with Crippen molar-refractivity contribution in [3.63, 3.8) is 0 Å². The van der Waals surface area contributed by atoms with Gasteiger partial charge in [-0.25, -0.2) is 0 Å². The van der Waals surface area contributed by atoms with Gasteiger partial charge in [-0.1, -0.05) is 37.0 Å². The maximum atomic E-state index is 12.9. The number of hydrogen-bond acceptors (Lipinski definition) is 4. The minimum absolute atomic E-state index is 0.0204. The van der Waals surface area contributed by atoms with Gasteiger partial charge in [0.15, 0.2) is 5.76 Å². The summed E-state index contributed by atoms with van der Waals surface area (Å²) in [4.78, 5) is 29.3. The Balaban J connectivity index is 1.49. The Morgan fingerprint density at radius 3 is 2.24 bits per heavy atom. The van der Waals surface area contributed by atoms with Crippen LogP contribution in [0.1, 0.15) is 24.4 Å². The maximum Gasteiger partial charge on any atom is 0.291 e. The zero-order chi connectivity index (χ0) is 23.5. The van der Waals surface area contributed by atoms with Crippen molar-refractivity contribution < 1.29 is 14.0 Å². The minimum atomic E-state index is -0.368. The molecule has 0 spiro atoms. The molecule has 0 saturated carbocycles. The van der Waals surface area contributed by atoms with Crippen molar-refractivity contribution in [1.82, 2.24) is 4.90 Å². The van der Waals surface area contributed by atoms with E-state index in [9.17, 15) is 9.59 Å². The summed E-state index contributed by atoms with van der Waals surface area (Å²) in [5.41, 5.74) is 2.28. The molecule has 172 valence electrons. The van der Waals surface area contributed by atoms with Crippen LogP contribution in [0.5, 0.6) is 0 Å². The Morgan fingerprint density at radius 1 is 0.909 bits per heavy atom. The number of benzene rings is 2. The lowest BCUT2D eigenvalue weighted by molar-refractivity contribution is -0.134. The zero-order valence-electron chi connectivity index (χ0n) is 18.5. The van der Waals surface area contributed by atoms with Crippen molar-refractivity contribution in [3.05, 3.63) is 70.4 Å². The number of halogens is 2. The molecule has 4 rings (SSSR count). The van der Waals surface area contributed by atoms with E-state index < -0.39 is 0 Å². The molecule has 2 aromatic carbocycles. The molecule has 1 aromatic heterocycles. The number of carbonyl (C=O) groups excluding carboxylic acids is 2. The van der Waals surface area contributed by atoms with Gasteiger partial charge in [-0.15, -0.1) is 0 Å². The maximum absolute atomic E-state index is 12.9. The summed E-state index contributed by atoms with van der Waals surface area (Å²) in [6.45, 7) is 6.43. The second-order valence-corrected chi connectivity index (χ2v) is 9.13. The normalized spacial score (nSPS) is 14.0. The first kappa shape index (κ1) is 23.2. The summed E-state index contributed by atoms with van der Waals surface area (Å²) in [6.07, 6.45) is 0. The molecule has 0 radical (unpaired) electrons.